The molecule has 0 spiro atoms. The fourth-order valence-corrected chi connectivity index (χ4v) is 2.76. The van der Waals surface area contributed by atoms with Gasteiger partial charge in [0.15, 0.2) is 0 Å². The van der Waals surface area contributed by atoms with Gasteiger partial charge in [-0.2, -0.15) is 0 Å². The molecule has 0 bridgehead atoms. The number of rotatable bonds is 4. The zero-order valence-corrected chi connectivity index (χ0v) is 14.3. The van der Waals surface area contributed by atoms with Crippen LogP contribution in [0, 0.1) is 0 Å². The molecule has 1 aromatic heterocycles. The highest BCUT2D eigenvalue weighted by atomic mass is 16.6. The fourth-order valence-electron chi connectivity index (χ4n) is 2.76. The van der Waals surface area contributed by atoms with E-state index in [1.54, 1.807) is 27.0 Å². The van der Waals surface area contributed by atoms with Crippen molar-refractivity contribution in [2.75, 3.05) is 13.1 Å². The minimum atomic E-state index is -0.535. The standard InChI is InChI=1S/C16H26N4O3/c1-16(2,3)23-15(22)18-8-7-13(21)20-10-5-6-12(20)14-17-9-11-19(14)4/h9,11-12H,5-8,10H2,1-4H3,(H,18,22)/t12-/m1/s1. The Labute approximate surface area is 137 Å². The minimum Gasteiger partial charge on any atom is -0.444 e. The highest BCUT2D eigenvalue weighted by Crippen LogP contribution is 2.30. The van der Waals surface area contributed by atoms with Crippen molar-refractivity contribution < 1.29 is 14.3 Å². The molecule has 23 heavy (non-hydrogen) atoms. The van der Waals surface area contributed by atoms with E-state index in [-0.39, 0.29) is 24.9 Å². The highest BCUT2D eigenvalue weighted by molar-refractivity contribution is 5.78. The number of amides is 2. The van der Waals surface area contributed by atoms with Crippen LogP contribution < -0.4 is 5.32 Å². The van der Waals surface area contributed by atoms with E-state index in [4.69, 9.17) is 4.74 Å². The van der Waals surface area contributed by atoms with E-state index in [1.165, 1.54) is 0 Å². The Hall–Kier alpha value is -2.05. The molecule has 0 aromatic carbocycles. The smallest absolute Gasteiger partial charge is 0.407 e. The number of ether oxygens (including phenoxy) is 1. The van der Waals surface area contributed by atoms with Gasteiger partial charge in [-0.3, -0.25) is 4.79 Å². The molecule has 1 aliphatic rings. The lowest BCUT2D eigenvalue weighted by Crippen LogP contribution is -2.37. The molecule has 0 unspecified atom stereocenters. The predicted molar refractivity (Wildman–Crippen MR) is 85.7 cm³/mol. The van der Waals surface area contributed by atoms with Crippen LogP contribution in [0.25, 0.3) is 0 Å². The number of imidazole rings is 1. The molecule has 1 fully saturated rings. The van der Waals surface area contributed by atoms with Gasteiger partial charge in [-0.25, -0.2) is 9.78 Å². The zero-order chi connectivity index (χ0) is 17.0. The fraction of sp³-hybridized carbons (Fsp3) is 0.688. The van der Waals surface area contributed by atoms with Crippen molar-refractivity contribution >= 4 is 12.0 Å². The van der Waals surface area contributed by atoms with E-state index < -0.39 is 11.7 Å². The second-order valence-electron chi connectivity index (χ2n) is 6.82. The first-order valence-electron chi connectivity index (χ1n) is 8.01. The average Bonchev–Trinajstić information content (AvgIpc) is 3.04. The van der Waals surface area contributed by atoms with Crippen LogP contribution in [0.4, 0.5) is 4.79 Å². The molecule has 7 heteroatoms. The van der Waals surface area contributed by atoms with Crippen molar-refractivity contribution in [3.8, 4) is 0 Å². The van der Waals surface area contributed by atoms with Crippen LogP contribution in [-0.4, -0.2) is 45.1 Å². The maximum Gasteiger partial charge on any atom is 0.407 e. The summed E-state index contributed by atoms with van der Waals surface area (Å²) in [5.41, 5.74) is -0.535. The largest absolute Gasteiger partial charge is 0.444 e. The number of aromatic nitrogens is 2. The number of likely N-dealkylation sites (tertiary alicyclic amines) is 1. The van der Waals surface area contributed by atoms with Gasteiger partial charge in [0, 0.05) is 39.0 Å². The number of aryl methyl sites for hydroxylation is 1. The van der Waals surface area contributed by atoms with Crippen LogP contribution >= 0.6 is 0 Å². The van der Waals surface area contributed by atoms with E-state index >= 15 is 0 Å². The summed E-state index contributed by atoms with van der Waals surface area (Å²) in [4.78, 5) is 30.2. The Kier molecular flexibility index (Phi) is 5.28. The maximum absolute atomic E-state index is 12.4. The summed E-state index contributed by atoms with van der Waals surface area (Å²) in [6.45, 7) is 6.43. The third-order valence-corrected chi connectivity index (χ3v) is 3.74. The average molecular weight is 322 g/mol. The summed E-state index contributed by atoms with van der Waals surface area (Å²) in [6, 6.07) is 0.0315. The summed E-state index contributed by atoms with van der Waals surface area (Å²) in [5, 5.41) is 2.63. The van der Waals surface area contributed by atoms with Crippen LogP contribution in [0.15, 0.2) is 12.4 Å². The molecule has 1 aromatic rings. The topological polar surface area (TPSA) is 76.5 Å². The molecule has 2 rings (SSSR count). The van der Waals surface area contributed by atoms with E-state index in [9.17, 15) is 9.59 Å². The summed E-state index contributed by atoms with van der Waals surface area (Å²) in [5.74, 6) is 0.947. The number of hydrogen-bond donors (Lipinski definition) is 1. The molecule has 7 nitrogen and oxygen atoms in total. The molecule has 2 amide bonds. The Morgan fingerprint density at radius 3 is 2.78 bits per heavy atom. The molecule has 0 radical (unpaired) electrons. The van der Waals surface area contributed by atoms with Crippen molar-refractivity contribution in [3.63, 3.8) is 0 Å². The van der Waals surface area contributed by atoms with Crippen LogP contribution in [-0.2, 0) is 16.6 Å². The molecule has 1 atom stereocenters. The Morgan fingerprint density at radius 2 is 2.17 bits per heavy atom. The molecule has 128 valence electrons. The molecule has 1 saturated heterocycles. The normalized spacial score (nSPS) is 18.1. The number of alkyl carbamates (subject to hydrolysis) is 1. The molecule has 0 aliphatic carbocycles. The first-order valence-corrected chi connectivity index (χ1v) is 8.01. The number of hydrogen-bond acceptors (Lipinski definition) is 4. The highest BCUT2D eigenvalue weighted by Gasteiger charge is 2.32. The van der Waals surface area contributed by atoms with Crippen LogP contribution in [0.5, 0.6) is 0 Å². The number of carbonyl (C=O) groups excluding carboxylic acids is 2. The van der Waals surface area contributed by atoms with Gasteiger partial charge in [0.05, 0.1) is 6.04 Å². The molecular weight excluding hydrogens is 296 g/mol. The predicted octanol–water partition coefficient (Wildman–Crippen LogP) is 2.00. The lowest BCUT2D eigenvalue weighted by Gasteiger charge is -2.24. The first kappa shape index (κ1) is 17.3. The summed E-state index contributed by atoms with van der Waals surface area (Å²) < 4.78 is 7.11. The second kappa shape index (κ2) is 7.02. The summed E-state index contributed by atoms with van der Waals surface area (Å²) >= 11 is 0. The van der Waals surface area contributed by atoms with Crippen molar-refractivity contribution in [2.45, 2.75) is 51.7 Å². The quantitative estimate of drug-likeness (QED) is 0.920. The summed E-state index contributed by atoms with van der Waals surface area (Å²) in [6.07, 6.45) is 5.31. The molecule has 2 heterocycles. The number of nitrogens with one attached hydrogen (secondary N) is 1. The van der Waals surface area contributed by atoms with Crippen molar-refractivity contribution in [3.05, 3.63) is 18.2 Å². The number of nitrogens with zero attached hydrogens (tertiary/aromatic N) is 3. The van der Waals surface area contributed by atoms with Gasteiger partial charge in [0.1, 0.15) is 11.4 Å². The molecule has 1 N–H and O–H groups in total. The van der Waals surface area contributed by atoms with Gasteiger partial charge in [0.2, 0.25) is 5.91 Å². The lowest BCUT2D eigenvalue weighted by atomic mass is 10.2. The Bertz CT molecular complexity index is 562. The maximum atomic E-state index is 12.4. The van der Waals surface area contributed by atoms with Crippen molar-refractivity contribution in [1.82, 2.24) is 19.8 Å². The summed E-state index contributed by atoms with van der Waals surface area (Å²) in [7, 11) is 1.94. The second-order valence-corrected chi connectivity index (χ2v) is 6.82. The number of carbonyl (C=O) groups is 2. The van der Waals surface area contributed by atoms with E-state index in [0.717, 1.165) is 25.2 Å². The third kappa shape index (κ3) is 4.71. The monoisotopic (exact) mass is 322 g/mol. The van der Waals surface area contributed by atoms with Crippen molar-refractivity contribution in [1.29, 1.82) is 0 Å². The molecule has 0 saturated carbocycles. The van der Waals surface area contributed by atoms with Gasteiger partial charge in [-0.1, -0.05) is 0 Å². The SMILES string of the molecule is Cn1ccnc1[C@H]1CCCN1C(=O)CCNC(=O)OC(C)(C)C. The molecule has 1 aliphatic heterocycles. The van der Waals surface area contributed by atoms with E-state index in [1.807, 2.05) is 22.7 Å². The Balaban J connectivity index is 1.83. The van der Waals surface area contributed by atoms with Gasteiger partial charge in [-0.15, -0.1) is 0 Å². The van der Waals surface area contributed by atoms with Gasteiger partial charge < -0.3 is 19.5 Å². The van der Waals surface area contributed by atoms with E-state index in [0.29, 0.717) is 0 Å². The van der Waals surface area contributed by atoms with Gasteiger partial charge in [-0.05, 0) is 33.6 Å². The third-order valence-electron chi connectivity index (χ3n) is 3.74. The zero-order valence-electron chi connectivity index (χ0n) is 14.3. The van der Waals surface area contributed by atoms with Gasteiger partial charge >= 0.3 is 6.09 Å². The van der Waals surface area contributed by atoms with Crippen LogP contribution in [0.2, 0.25) is 0 Å². The Morgan fingerprint density at radius 1 is 1.43 bits per heavy atom. The lowest BCUT2D eigenvalue weighted by molar-refractivity contribution is -0.132. The minimum absolute atomic E-state index is 0.0315. The van der Waals surface area contributed by atoms with Crippen molar-refractivity contribution in [2.24, 2.45) is 7.05 Å². The van der Waals surface area contributed by atoms with Gasteiger partial charge in [0.25, 0.3) is 0 Å². The first-order chi connectivity index (χ1) is 10.8. The van der Waals surface area contributed by atoms with E-state index in [2.05, 4.69) is 10.3 Å². The molecular formula is C16H26N4O3. The van der Waals surface area contributed by atoms with Crippen LogP contribution in [0.3, 0.4) is 0 Å². The van der Waals surface area contributed by atoms with Crippen LogP contribution in [0.1, 0.15) is 51.9 Å².